The fourth-order valence-corrected chi connectivity index (χ4v) is 4.12. The smallest absolute Gasteiger partial charge is 0.265 e. The number of unbranched alkanes of at least 4 members (excludes halogenated alkanes) is 6. The van der Waals surface area contributed by atoms with Crippen LogP contribution in [0.3, 0.4) is 0 Å². The summed E-state index contributed by atoms with van der Waals surface area (Å²) < 4.78 is 5.84. The van der Waals surface area contributed by atoms with Crippen LogP contribution in [0.1, 0.15) is 77.2 Å². The highest BCUT2D eigenvalue weighted by atomic mass is 35.5. The highest BCUT2D eigenvalue weighted by Crippen LogP contribution is 2.22. The normalized spacial score (nSPS) is 15.6. The highest BCUT2D eigenvalue weighted by molar-refractivity contribution is 7.80. The van der Waals surface area contributed by atoms with Gasteiger partial charge in [0.15, 0.2) is 5.11 Å². The third-order valence-electron chi connectivity index (χ3n) is 5.62. The second kappa shape index (κ2) is 15.1. The van der Waals surface area contributed by atoms with E-state index in [2.05, 4.69) is 13.8 Å². The number of alkyl halides is 1. The van der Waals surface area contributed by atoms with Crippen LogP contribution in [-0.4, -0.2) is 52.3 Å². The minimum atomic E-state index is -0.355. The van der Waals surface area contributed by atoms with Crippen LogP contribution in [0.15, 0.2) is 29.8 Å². The maximum Gasteiger partial charge on any atom is 0.265 e. The molecule has 2 amide bonds. The van der Waals surface area contributed by atoms with E-state index in [0.717, 1.165) is 30.6 Å². The molecule has 1 aromatic carbocycles. The second-order valence-electron chi connectivity index (χ2n) is 8.34. The van der Waals surface area contributed by atoms with Crippen LogP contribution in [0.5, 0.6) is 5.75 Å². The predicted molar refractivity (Wildman–Crippen MR) is 140 cm³/mol. The zero-order chi connectivity index (χ0) is 24.1. The molecule has 0 radical (unpaired) electrons. The number of hydrogen-bond acceptors (Lipinski definition) is 4. The largest absolute Gasteiger partial charge is 0.494 e. The van der Waals surface area contributed by atoms with Gasteiger partial charge in [-0.2, -0.15) is 0 Å². The van der Waals surface area contributed by atoms with Gasteiger partial charge in [-0.3, -0.25) is 19.4 Å². The summed E-state index contributed by atoms with van der Waals surface area (Å²) in [4.78, 5) is 29.2. The number of carbonyl (C=O) groups is 2. The molecule has 0 aromatic heterocycles. The number of amides is 2. The lowest BCUT2D eigenvalue weighted by Crippen LogP contribution is -2.56. The second-order valence-corrected chi connectivity index (χ2v) is 9.08. The average molecular weight is 493 g/mol. The Hall–Kier alpha value is -1.92. The molecule has 0 atom stereocenters. The minimum Gasteiger partial charge on any atom is -0.494 e. The van der Waals surface area contributed by atoms with Crippen molar-refractivity contribution in [1.82, 2.24) is 9.80 Å². The van der Waals surface area contributed by atoms with E-state index in [9.17, 15) is 9.59 Å². The van der Waals surface area contributed by atoms with Gasteiger partial charge in [0.05, 0.1) is 6.61 Å². The molecule has 1 aromatic rings. The molecule has 0 unspecified atom stereocenters. The van der Waals surface area contributed by atoms with Crippen LogP contribution < -0.4 is 4.74 Å². The van der Waals surface area contributed by atoms with Crippen molar-refractivity contribution in [3.63, 3.8) is 0 Å². The number of ether oxygens (including phenoxy) is 1. The lowest BCUT2D eigenvalue weighted by Gasteiger charge is -2.36. The lowest BCUT2D eigenvalue weighted by molar-refractivity contribution is -0.133. The summed E-state index contributed by atoms with van der Waals surface area (Å²) in [6.07, 6.45) is 11.4. The first-order chi connectivity index (χ1) is 16.0. The van der Waals surface area contributed by atoms with E-state index >= 15 is 0 Å². The van der Waals surface area contributed by atoms with Gasteiger partial charge in [-0.1, -0.05) is 64.5 Å². The maximum absolute atomic E-state index is 13.1. The molecule has 1 fully saturated rings. The summed E-state index contributed by atoms with van der Waals surface area (Å²) in [6.45, 7) is 5.88. The Labute approximate surface area is 209 Å². The number of nitrogens with zero attached hydrogens (tertiary/aromatic N) is 2. The summed E-state index contributed by atoms with van der Waals surface area (Å²) in [6, 6.07) is 7.51. The fourth-order valence-electron chi connectivity index (χ4n) is 3.65. The Bertz CT molecular complexity index is 778. The quantitative estimate of drug-likeness (QED) is 0.0962. The molecule has 1 heterocycles. The van der Waals surface area contributed by atoms with Crippen LogP contribution in [0.25, 0.3) is 6.08 Å². The summed E-state index contributed by atoms with van der Waals surface area (Å²) in [5.74, 6) is 0.533. The first-order valence-electron chi connectivity index (χ1n) is 12.2. The Morgan fingerprint density at radius 2 is 1.42 bits per heavy atom. The van der Waals surface area contributed by atoms with Crippen molar-refractivity contribution in [1.29, 1.82) is 0 Å². The van der Waals surface area contributed by atoms with Crippen LogP contribution in [0.2, 0.25) is 0 Å². The molecular formula is C26H37ClN2O3S. The van der Waals surface area contributed by atoms with E-state index in [-0.39, 0.29) is 22.5 Å². The Balaban J connectivity index is 2.05. The standard InChI is InChI=1S/C26H37ClN2O3S/c1-3-5-7-8-9-10-19-32-22-14-12-21(13-15-22)20-23-24(30)28(17-6-4-2)26(33)29(25(23)31)18-11-16-27/h12-15,20H,3-11,16-19H2,1-2H3/b23-20-. The molecule has 5 nitrogen and oxygen atoms in total. The van der Waals surface area contributed by atoms with Gasteiger partial charge in [-0.15, -0.1) is 11.6 Å². The van der Waals surface area contributed by atoms with Gasteiger partial charge >= 0.3 is 0 Å². The number of halogens is 1. The van der Waals surface area contributed by atoms with Gasteiger partial charge in [0.25, 0.3) is 11.8 Å². The third-order valence-corrected chi connectivity index (χ3v) is 6.33. The molecule has 0 spiro atoms. The van der Waals surface area contributed by atoms with E-state index in [1.807, 2.05) is 24.3 Å². The molecular weight excluding hydrogens is 456 g/mol. The Morgan fingerprint density at radius 3 is 2.03 bits per heavy atom. The molecule has 1 aliphatic rings. The molecule has 33 heavy (non-hydrogen) atoms. The van der Waals surface area contributed by atoms with E-state index < -0.39 is 0 Å². The van der Waals surface area contributed by atoms with Crippen molar-refractivity contribution in [3.8, 4) is 5.75 Å². The van der Waals surface area contributed by atoms with Gasteiger partial charge in [0.2, 0.25) is 0 Å². The number of rotatable bonds is 15. The maximum atomic E-state index is 13.1. The van der Waals surface area contributed by atoms with Crippen molar-refractivity contribution in [2.24, 2.45) is 0 Å². The number of thiocarbonyl (C=S) groups is 1. The van der Waals surface area contributed by atoms with E-state index in [1.54, 1.807) is 6.08 Å². The van der Waals surface area contributed by atoms with Crippen LogP contribution in [0, 0.1) is 0 Å². The average Bonchev–Trinajstić information content (AvgIpc) is 2.82. The summed E-state index contributed by atoms with van der Waals surface area (Å²) >= 11 is 11.3. The van der Waals surface area contributed by atoms with Gasteiger partial charge in [-0.25, -0.2) is 0 Å². The number of carbonyl (C=O) groups excluding carboxylic acids is 2. The van der Waals surface area contributed by atoms with Crippen LogP contribution >= 0.6 is 23.8 Å². The van der Waals surface area contributed by atoms with E-state index in [0.29, 0.717) is 32.0 Å². The van der Waals surface area contributed by atoms with E-state index in [4.69, 9.17) is 28.6 Å². The molecule has 0 N–H and O–H groups in total. The number of benzene rings is 1. The minimum absolute atomic E-state index is 0.134. The summed E-state index contributed by atoms with van der Waals surface area (Å²) in [7, 11) is 0. The first kappa shape index (κ1) is 27.3. The van der Waals surface area contributed by atoms with Crippen molar-refractivity contribution in [2.75, 3.05) is 25.6 Å². The van der Waals surface area contributed by atoms with Crippen molar-refractivity contribution < 1.29 is 14.3 Å². The van der Waals surface area contributed by atoms with Crippen LogP contribution in [-0.2, 0) is 9.59 Å². The van der Waals surface area contributed by atoms with Crippen molar-refractivity contribution in [2.45, 2.75) is 71.6 Å². The van der Waals surface area contributed by atoms with Gasteiger partial charge in [0, 0.05) is 19.0 Å². The molecule has 7 heteroatoms. The van der Waals surface area contributed by atoms with Gasteiger partial charge in [-0.05, 0) is 55.3 Å². The summed E-state index contributed by atoms with van der Waals surface area (Å²) in [5.41, 5.74) is 0.911. The summed E-state index contributed by atoms with van der Waals surface area (Å²) in [5, 5.41) is 0.277. The SMILES string of the molecule is CCCCCCCCOc1ccc(/C=C2/C(=O)N(CCCC)C(=S)N(CCCCl)C2=O)cc1. The van der Waals surface area contributed by atoms with Crippen LogP contribution in [0.4, 0.5) is 0 Å². The van der Waals surface area contributed by atoms with Crippen molar-refractivity contribution in [3.05, 3.63) is 35.4 Å². The predicted octanol–water partition coefficient (Wildman–Crippen LogP) is 6.19. The van der Waals surface area contributed by atoms with Gasteiger partial charge in [0.1, 0.15) is 11.3 Å². The molecule has 0 aliphatic carbocycles. The molecule has 1 aliphatic heterocycles. The molecule has 0 bridgehead atoms. The lowest BCUT2D eigenvalue weighted by atomic mass is 10.1. The van der Waals surface area contributed by atoms with Crippen molar-refractivity contribution >= 4 is 46.8 Å². The molecule has 0 saturated carbocycles. The zero-order valence-electron chi connectivity index (χ0n) is 20.0. The monoisotopic (exact) mass is 492 g/mol. The molecule has 2 rings (SSSR count). The highest BCUT2D eigenvalue weighted by Gasteiger charge is 2.38. The topological polar surface area (TPSA) is 49.9 Å². The molecule has 1 saturated heterocycles. The zero-order valence-corrected chi connectivity index (χ0v) is 21.6. The Kier molecular flexibility index (Phi) is 12.5. The first-order valence-corrected chi connectivity index (χ1v) is 13.2. The van der Waals surface area contributed by atoms with E-state index in [1.165, 1.54) is 41.9 Å². The number of hydrogen-bond donors (Lipinski definition) is 0. The third kappa shape index (κ3) is 8.42. The fraction of sp³-hybridized carbons (Fsp3) is 0.577. The van der Waals surface area contributed by atoms with Gasteiger partial charge < -0.3 is 4.74 Å². The Morgan fingerprint density at radius 1 is 0.848 bits per heavy atom. The molecule has 182 valence electrons.